The number of methoxy groups -OCH3 is 1. The highest BCUT2D eigenvalue weighted by Gasteiger charge is 2.25. The smallest absolute Gasteiger partial charge is 0.0684 e. The lowest BCUT2D eigenvalue weighted by Gasteiger charge is -2.28. The Hall–Kier alpha value is -0.860. The van der Waals surface area contributed by atoms with Gasteiger partial charge in [-0.1, -0.05) is 45.0 Å². The van der Waals surface area contributed by atoms with Crippen LogP contribution in [0.25, 0.3) is 0 Å². The first kappa shape index (κ1) is 14.2. The molecule has 2 heteroatoms. The van der Waals surface area contributed by atoms with E-state index in [1.165, 1.54) is 11.1 Å². The van der Waals surface area contributed by atoms with Crippen molar-refractivity contribution in [1.82, 2.24) is 0 Å². The van der Waals surface area contributed by atoms with Gasteiger partial charge in [-0.25, -0.2) is 0 Å². The average Bonchev–Trinajstić information content (AvgIpc) is 2.28. The fraction of sp³-hybridized carbons (Fsp3) is 0.600. The molecule has 0 bridgehead atoms. The highest BCUT2D eigenvalue weighted by Crippen LogP contribution is 2.24. The lowest BCUT2D eigenvalue weighted by Crippen LogP contribution is -2.40. The molecule has 96 valence electrons. The molecule has 0 aliphatic rings. The average molecular weight is 235 g/mol. The van der Waals surface area contributed by atoms with Gasteiger partial charge in [-0.15, -0.1) is 0 Å². The van der Waals surface area contributed by atoms with Gasteiger partial charge in [0.05, 0.1) is 12.1 Å². The fourth-order valence-electron chi connectivity index (χ4n) is 2.13. The van der Waals surface area contributed by atoms with Gasteiger partial charge in [-0.3, -0.25) is 0 Å². The predicted octanol–water partition coefficient (Wildman–Crippen LogP) is 3.10. The van der Waals surface area contributed by atoms with Crippen LogP contribution in [-0.2, 0) is 16.7 Å². The molecule has 0 aliphatic carbocycles. The molecule has 2 N–H and O–H groups in total. The van der Waals surface area contributed by atoms with Crippen LogP contribution in [0.5, 0.6) is 0 Å². The highest BCUT2D eigenvalue weighted by molar-refractivity contribution is 5.29. The van der Waals surface area contributed by atoms with Crippen molar-refractivity contribution < 1.29 is 4.74 Å². The SMILES string of the molecule is CCC(N)(COC)c1cccc(CC(C)C)c1. The summed E-state index contributed by atoms with van der Waals surface area (Å²) in [5.74, 6) is 0.668. The highest BCUT2D eigenvalue weighted by atomic mass is 16.5. The van der Waals surface area contributed by atoms with Crippen LogP contribution in [0, 0.1) is 5.92 Å². The van der Waals surface area contributed by atoms with Crippen molar-refractivity contribution in [1.29, 1.82) is 0 Å². The molecule has 0 aromatic heterocycles. The number of benzene rings is 1. The molecule has 0 heterocycles. The summed E-state index contributed by atoms with van der Waals surface area (Å²) >= 11 is 0. The van der Waals surface area contributed by atoms with Gasteiger partial charge in [0.1, 0.15) is 0 Å². The van der Waals surface area contributed by atoms with Gasteiger partial charge in [-0.05, 0) is 29.9 Å². The largest absolute Gasteiger partial charge is 0.382 e. The molecule has 1 aromatic carbocycles. The molecule has 0 spiro atoms. The molecule has 0 radical (unpaired) electrons. The maximum Gasteiger partial charge on any atom is 0.0684 e. The summed E-state index contributed by atoms with van der Waals surface area (Å²) in [7, 11) is 1.70. The molecule has 1 rings (SSSR count). The van der Waals surface area contributed by atoms with E-state index in [0.29, 0.717) is 12.5 Å². The third kappa shape index (κ3) is 3.83. The van der Waals surface area contributed by atoms with Gasteiger partial charge < -0.3 is 10.5 Å². The van der Waals surface area contributed by atoms with Crippen molar-refractivity contribution in [2.24, 2.45) is 11.7 Å². The Morgan fingerprint density at radius 3 is 2.59 bits per heavy atom. The lowest BCUT2D eigenvalue weighted by atomic mass is 9.87. The van der Waals surface area contributed by atoms with E-state index in [1.54, 1.807) is 7.11 Å². The second-order valence-corrected chi connectivity index (χ2v) is 5.24. The lowest BCUT2D eigenvalue weighted by molar-refractivity contribution is 0.129. The van der Waals surface area contributed by atoms with Gasteiger partial charge in [-0.2, -0.15) is 0 Å². The summed E-state index contributed by atoms with van der Waals surface area (Å²) in [6.07, 6.45) is 1.98. The van der Waals surface area contributed by atoms with Crippen LogP contribution in [0.1, 0.15) is 38.3 Å². The molecule has 2 nitrogen and oxygen atoms in total. The Kier molecular flexibility index (Phi) is 5.16. The first-order valence-electron chi connectivity index (χ1n) is 6.39. The number of hydrogen-bond acceptors (Lipinski definition) is 2. The first-order valence-corrected chi connectivity index (χ1v) is 6.39. The van der Waals surface area contributed by atoms with E-state index in [2.05, 4.69) is 45.0 Å². The van der Waals surface area contributed by atoms with Crippen molar-refractivity contribution in [3.05, 3.63) is 35.4 Å². The fourth-order valence-corrected chi connectivity index (χ4v) is 2.13. The second-order valence-electron chi connectivity index (χ2n) is 5.24. The van der Waals surface area contributed by atoms with E-state index in [9.17, 15) is 0 Å². The molecule has 0 saturated heterocycles. The van der Waals surface area contributed by atoms with E-state index in [0.717, 1.165) is 12.8 Å². The van der Waals surface area contributed by atoms with Gasteiger partial charge >= 0.3 is 0 Å². The molecule has 0 saturated carbocycles. The molecular weight excluding hydrogens is 210 g/mol. The summed E-state index contributed by atoms with van der Waals surface area (Å²) in [5, 5.41) is 0. The predicted molar refractivity (Wildman–Crippen MR) is 73.0 cm³/mol. The number of hydrogen-bond donors (Lipinski definition) is 1. The molecule has 0 fully saturated rings. The van der Waals surface area contributed by atoms with E-state index < -0.39 is 0 Å². The number of nitrogens with two attached hydrogens (primary N) is 1. The third-order valence-corrected chi connectivity index (χ3v) is 3.18. The minimum absolute atomic E-state index is 0.359. The van der Waals surface area contributed by atoms with Crippen LogP contribution in [-0.4, -0.2) is 13.7 Å². The quantitative estimate of drug-likeness (QED) is 0.822. The number of ether oxygens (including phenoxy) is 1. The van der Waals surface area contributed by atoms with E-state index in [-0.39, 0.29) is 5.54 Å². The van der Waals surface area contributed by atoms with Crippen LogP contribution in [0.4, 0.5) is 0 Å². The standard InChI is InChI=1S/C15H25NO/c1-5-15(16,11-17-4)14-8-6-7-13(10-14)9-12(2)3/h6-8,10,12H,5,9,11,16H2,1-4H3. The minimum atomic E-state index is -0.359. The van der Waals surface area contributed by atoms with Gasteiger partial charge in [0, 0.05) is 7.11 Å². The Bertz CT molecular complexity index is 349. The molecule has 17 heavy (non-hydrogen) atoms. The summed E-state index contributed by atoms with van der Waals surface area (Å²) in [5.41, 5.74) is 8.58. The Balaban J connectivity index is 2.96. The molecule has 1 atom stereocenters. The van der Waals surface area contributed by atoms with E-state index in [4.69, 9.17) is 10.5 Å². The molecule has 1 aromatic rings. The molecule has 0 aliphatic heterocycles. The van der Waals surface area contributed by atoms with Crippen molar-refractivity contribution in [3.63, 3.8) is 0 Å². The van der Waals surface area contributed by atoms with E-state index in [1.807, 2.05) is 0 Å². The van der Waals surface area contributed by atoms with Crippen LogP contribution < -0.4 is 5.73 Å². The topological polar surface area (TPSA) is 35.2 Å². The summed E-state index contributed by atoms with van der Waals surface area (Å²) in [6, 6.07) is 8.60. The van der Waals surface area contributed by atoms with Gasteiger partial charge in [0.15, 0.2) is 0 Å². The maximum atomic E-state index is 6.40. The van der Waals surface area contributed by atoms with E-state index >= 15 is 0 Å². The maximum absolute atomic E-state index is 6.40. The molecule has 1 unspecified atom stereocenters. The monoisotopic (exact) mass is 235 g/mol. The zero-order chi connectivity index (χ0) is 12.9. The normalized spacial score (nSPS) is 14.9. The van der Waals surface area contributed by atoms with Crippen LogP contribution in [0.3, 0.4) is 0 Å². The van der Waals surface area contributed by atoms with Crippen LogP contribution >= 0.6 is 0 Å². The molecular formula is C15H25NO. The Labute approximate surface area is 105 Å². The zero-order valence-electron chi connectivity index (χ0n) is 11.5. The van der Waals surface area contributed by atoms with Crippen molar-refractivity contribution in [2.75, 3.05) is 13.7 Å². The Morgan fingerprint density at radius 1 is 1.35 bits per heavy atom. The number of rotatable bonds is 6. The zero-order valence-corrected chi connectivity index (χ0v) is 11.5. The molecule has 0 amide bonds. The van der Waals surface area contributed by atoms with Crippen LogP contribution in [0.15, 0.2) is 24.3 Å². The Morgan fingerprint density at radius 2 is 2.06 bits per heavy atom. The summed E-state index contributed by atoms with van der Waals surface area (Å²) in [4.78, 5) is 0. The third-order valence-electron chi connectivity index (χ3n) is 3.18. The minimum Gasteiger partial charge on any atom is -0.382 e. The second kappa shape index (κ2) is 6.18. The van der Waals surface area contributed by atoms with Crippen molar-refractivity contribution >= 4 is 0 Å². The first-order chi connectivity index (χ1) is 8.01. The van der Waals surface area contributed by atoms with Crippen molar-refractivity contribution in [3.8, 4) is 0 Å². The van der Waals surface area contributed by atoms with Gasteiger partial charge in [0.25, 0.3) is 0 Å². The summed E-state index contributed by atoms with van der Waals surface area (Å²) < 4.78 is 5.25. The summed E-state index contributed by atoms with van der Waals surface area (Å²) in [6.45, 7) is 7.14. The van der Waals surface area contributed by atoms with Crippen LogP contribution in [0.2, 0.25) is 0 Å². The van der Waals surface area contributed by atoms with Crippen molar-refractivity contribution in [2.45, 2.75) is 39.2 Å². The van der Waals surface area contributed by atoms with Gasteiger partial charge in [0.2, 0.25) is 0 Å².